The molecule has 0 saturated carbocycles. The van der Waals surface area contributed by atoms with Gasteiger partial charge in [0.05, 0.1) is 12.7 Å². The summed E-state index contributed by atoms with van der Waals surface area (Å²) in [7, 11) is 1.39. The summed E-state index contributed by atoms with van der Waals surface area (Å²) >= 11 is 0. The third-order valence-corrected chi connectivity index (χ3v) is 6.20. The molecule has 0 radical (unpaired) electrons. The van der Waals surface area contributed by atoms with Gasteiger partial charge in [-0.15, -0.1) is 6.58 Å². The number of hydrogen-bond donors (Lipinski definition) is 2. The van der Waals surface area contributed by atoms with Crippen molar-refractivity contribution in [1.29, 1.82) is 0 Å². The second kappa shape index (κ2) is 10.5. The van der Waals surface area contributed by atoms with Crippen molar-refractivity contribution in [2.45, 2.75) is 38.0 Å². The monoisotopic (exact) mass is 500 g/mol. The highest BCUT2D eigenvalue weighted by molar-refractivity contribution is 5.98. The van der Waals surface area contributed by atoms with E-state index in [1.165, 1.54) is 49.6 Å². The van der Waals surface area contributed by atoms with Gasteiger partial charge in [-0.2, -0.15) is 13.2 Å². The molecule has 5 nitrogen and oxygen atoms in total. The Kier molecular flexibility index (Phi) is 7.89. The van der Waals surface area contributed by atoms with Gasteiger partial charge < -0.3 is 14.9 Å². The molecule has 0 spiro atoms. The topological polar surface area (TPSA) is 83.8 Å². The van der Waals surface area contributed by atoms with Crippen LogP contribution in [0.3, 0.4) is 0 Å². The summed E-state index contributed by atoms with van der Waals surface area (Å²) in [5.74, 6) is -2.98. The minimum Gasteiger partial charge on any atom is -0.497 e. The van der Waals surface area contributed by atoms with E-state index in [4.69, 9.17) is 4.74 Å². The van der Waals surface area contributed by atoms with Crippen molar-refractivity contribution in [3.63, 3.8) is 0 Å². The number of alkyl halides is 3. The zero-order chi connectivity index (χ0) is 26.7. The first-order chi connectivity index (χ1) is 16.9. The molecule has 0 fully saturated rings. The van der Waals surface area contributed by atoms with Crippen molar-refractivity contribution >= 4 is 11.8 Å². The van der Waals surface area contributed by atoms with Crippen LogP contribution in [0, 0.1) is 5.92 Å². The third kappa shape index (κ3) is 5.76. The Morgan fingerprint density at radius 2 is 1.75 bits per heavy atom. The van der Waals surface area contributed by atoms with Gasteiger partial charge in [0.1, 0.15) is 17.3 Å². The lowest BCUT2D eigenvalue weighted by molar-refractivity contribution is -0.147. The van der Waals surface area contributed by atoms with Crippen molar-refractivity contribution in [2.75, 3.05) is 7.11 Å². The summed E-state index contributed by atoms with van der Waals surface area (Å²) in [5, 5.41) is 21.5. The highest BCUT2D eigenvalue weighted by Gasteiger charge is 2.48. The fourth-order valence-corrected chi connectivity index (χ4v) is 4.31. The summed E-state index contributed by atoms with van der Waals surface area (Å²) < 4.78 is 44.8. The highest BCUT2D eigenvalue weighted by atomic mass is 19.4. The Morgan fingerprint density at radius 1 is 1.11 bits per heavy atom. The smallest absolute Gasteiger partial charge is 0.416 e. The average molecular weight is 501 g/mol. The Morgan fingerprint density at radius 3 is 2.33 bits per heavy atom. The molecule has 36 heavy (non-hydrogen) atoms. The number of hydrogen-bond acceptors (Lipinski definition) is 4. The lowest BCUT2D eigenvalue weighted by Gasteiger charge is -2.37. The van der Waals surface area contributed by atoms with Crippen LogP contribution in [0.5, 0.6) is 0 Å². The number of aliphatic hydroxyl groups is 1. The number of ether oxygens (including phenoxy) is 1. The zero-order valence-electron chi connectivity index (χ0n) is 19.9. The number of carboxylic acid groups (broad SMARTS) is 1. The normalized spacial score (nSPS) is 19.8. The van der Waals surface area contributed by atoms with Crippen molar-refractivity contribution in [3.8, 4) is 11.1 Å². The second-order valence-corrected chi connectivity index (χ2v) is 8.86. The van der Waals surface area contributed by atoms with E-state index < -0.39 is 41.4 Å². The molecule has 2 aromatic carbocycles. The third-order valence-electron chi connectivity index (χ3n) is 6.20. The number of ketones is 1. The molecule has 3 rings (SSSR count). The summed E-state index contributed by atoms with van der Waals surface area (Å²) in [6.45, 7) is 5.64. The first-order valence-electron chi connectivity index (χ1n) is 11.2. The van der Waals surface area contributed by atoms with Crippen LogP contribution in [0.4, 0.5) is 13.2 Å². The number of carboxylic acids is 1. The molecule has 2 atom stereocenters. The molecule has 8 heteroatoms. The maximum absolute atomic E-state index is 13.3. The van der Waals surface area contributed by atoms with Gasteiger partial charge in [0.25, 0.3) is 0 Å². The maximum Gasteiger partial charge on any atom is 0.416 e. The molecule has 0 amide bonds. The van der Waals surface area contributed by atoms with Crippen molar-refractivity contribution in [1.82, 2.24) is 0 Å². The summed E-state index contributed by atoms with van der Waals surface area (Å²) in [6, 6.07) is 10.8. The minimum atomic E-state index is -4.52. The molecular weight excluding hydrogens is 473 g/mol. The van der Waals surface area contributed by atoms with Crippen LogP contribution in [0.2, 0.25) is 0 Å². The van der Waals surface area contributed by atoms with Crippen LogP contribution in [-0.2, 0) is 15.7 Å². The first kappa shape index (κ1) is 26.9. The predicted octanol–water partition coefficient (Wildman–Crippen LogP) is 6.20. The second-order valence-electron chi connectivity index (χ2n) is 8.86. The Labute approximate surface area is 207 Å². The van der Waals surface area contributed by atoms with Crippen molar-refractivity contribution in [2.24, 2.45) is 5.92 Å². The van der Waals surface area contributed by atoms with Crippen LogP contribution in [0.15, 0.2) is 84.2 Å². The van der Waals surface area contributed by atoms with Gasteiger partial charge >= 0.3 is 12.1 Å². The molecule has 1 aliphatic rings. The molecule has 2 aromatic rings. The molecule has 0 heterocycles. The van der Waals surface area contributed by atoms with Crippen LogP contribution in [0.1, 0.15) is 42.1 Å². The van der Waals surface area contributed by atoms with Gasteiger partial charge in [0, 0.05) is 17.6 Å². The van der Waals surface area contributed by atoms with Crippen molar-refractivity contribution < 1.29 is 37.7 Å². The fraction of sp³-hybridized carbons (Fsp3) is 0.286. The summed E-state index contributed by atoms with van der Waals surface area (Å²) in [5.41, 5.74) is -1.00. The van der Waals surface area contributed by atoms with Crippen LogP contribution in [0.25, 0.3) is 11.1 Å². The number of rotatable bonds is 9. The van der Waals surface area contributed by atoms with Gasteiger partial charge in [0.2, 0.25) is 0 Å². The number of carbonyl (C=O) groups is 2. The molecule has 0 aliphatic heterocycles. The summed E-state index contributed by atoms with van der Waals surface area (Å²) in [4.78, 5) is 25.4. The minimum absolute atomic E-state index is 0.134. The fourth-order valence-electron chi connectivity index (χ4n) is 4.31. The van der Waals surface area contributed by atoms with Gasteiger partial charge in [0.15, 0.2) is 5.78 Å². The van der Waals surface area contributed by atoms with Crippen LogP contribution < -0.4 is 0 Å². The van der Waals surface area contributed by atoms with Gasteiger partial charge in [-0.25, -0.2) is 0 Å². The molecule has 0 bridgehead atoms. The highest BCUT2D eigenvalue weighted by Crippen LogP contribution is 2.41. The van der Waals surface area contributed by atoms with E-state index in [1.807, 2.05) is 0 Å². The van der Waals surface area contributed by atoms with Crippen LogP contribution >= 0.6 is 0 Å². The quantitative estimate of drug-likeness (QED) is 0.316. The predicted molar refractivity (Wildman–Crippen MR) is 129 cm³/mol. The molecule has 0 aromatic heterocycles. The van der Waals surface area contributed by atoms with Crippen LogP contribution in [-0.4, -0.2) is 34.7 Å². The molecule has 0 saturated heterocycles. The number of Topliss-reactive ketones (excluding diaryl/α,β-unsaturated/α-hetero) is 1. The summed E-state index contributed by atoms with van der Waals surface area (Å²) in [6.07, 6.45) is -1.63. The number of halogens is 3. The van der Waals surface area contributed by atoms with E-state index in [9.17, 15) is 33.0 Å². The van der Waals surface area contributed by atoms with Gasteiger partial charge in [-0.05, 0) is 55.2 Å². The van der Waals surface area contributed by atoms with E-state index in [-0.39, 0.29) is 28.9 Å². The zero-order valence-corrected chi connectivity index (χ0v) is 19.9. The van der Waals surface area contributed by atoms with E-state index in [0.717, 1.165) is 17.7 Å². The Hall–Kier alpha value is -3.65. The van der Waals surface area contributed by atoms with E-state index in [0.29, 0.717) is 12.0 Å². The molecule has 2 N–H and O–H groups in total. The standard InChI is InChI=1S/C28H27F3O5/c1-17(2)10-11-22-25(36-3)13-12-23(26(33)34)27(22,35)16-24(32)20-8-4-6-18(14-20)19-7-5-9-21(15-19)28(29,30)31/h4-9,12-15,23,35H,1,10-11,16H2,2-3H3,(H,33,34). The number of aliphatic carboxylic acids is 1. The maximum atomic E-state index is 13.3. The molecule has 1 aliphatic carbocycles. The SMILES string of the molecule is C=C(C)CCC1=C(OC)C=CC(C(=O)O)C1(O)CC(=O)c1cccc(-c2cccc(C(F)(F)F)c2)c1. The molecular formula is C28H27F3O5. The van der Waals surface area contributed by atoms with Gasteiger partial charge in [-0.3, -0.25) is 9.59 Å². The van der Waals surface area contributed by atoms with E-state index in [1.54, 1.807) is 13.0 Å². The van der Waals surface area contributed by atoms with E-state index in [2.05, 4.69) is 6.58 Å². The Bertz CT molecular complexity index is 1240. The average Bonchev–Trinajstić information content (AvgIpc) is 2.82. The first-order valence-corrected chi connectivity index (χ1v) is 11.2. The lowest BCUT2D eigenvalue weighted by Crippen LogP contribution is -2.47. The van der Waals surface area contributed by atoms with Crippen molar-refractivity contribution in [3.05, 3.63) is 95.3 Å². The lowest BCUT2D eigenvalue weighted by atomic mass is 9.71. The number of benzene rings is 2. The van der Waals surface area contributed by atoms with Gasteiger partial charge in [-0.1, -0.05) is 42.0 Å². The van der Waals surface area contributed by atoms with E-state index >= 15 is 0 Å². The largest absolute Gasteiger partial charge is 0.497 e. The molecule has 2 unspecified atom stereocenters. The number of methoxy groups -OCH3 is 1. The molecule has 190 valence electrons. The number of allylic oxidation sites excluding steroid dienone is 2. The Balaban J connectivity index is 1.99. The number of carbonyl (C=O) groups excluding carboxylic acids is 1.